The summed E-state index contributed by atoms with van der Waals surface area (Å²) in [5.74, 6) is 1.66. The molecule has 2 N–H and O–H groups in total. The fraction of sp³-hybridized carbons (Fsp3) is 0.545. The Morgan fingerprint density at radius 1 is 1.47 bits per heavy atom. The second kappa shape index (κ2) is 4.49. The zero-order valence-corrected chi connectivity index (χ0v) is 9.82. The molecule has 0 saturated carbocycles. The van der Waals surface area contributed by atoms with Crippen LogP contribution in [0.4, 0.5) is 5.82 Å². The largest absolute Gasteiger partial charge is 0.495 e. The molecule has 1 aromatic rings. The molecule has 1 rings (SSSR count). The molecule has 0 saturated heterocycles. The maximum Gasteiger partial charge on any atom is 0.137 e. The van der Waals surface area contributed by atoms with Crippen LogP contribution in [0.1, 0.15) is 13.8 Å². The van der Waals surface area contributed by atoms with E-state index in [0.717, 1.165) is 11.6 Å². The number of rotatable bonds is 4. The average Bonchev–Trinajstić information content (AvgIpc) is 2.28. The second-order valence-corrected chi connectivity index (χ2v) is 4.13. The van der Waals surface area contributed by atoms with Crippen LogP contribution in [-0.4, -0.2) is 31.2 Å². The van der Waals surface area contributed by atoms with Crippen molar-refractivity contribution in [2.75, 3.05) is 25.6 Å². The smallest absolute Gasteiger partial charge is 0.137 e. The van der Waals surface area contributed by atoms with Crippen molar-refractivity contribution < 1.29 is 4.74 Å². The molecule has 0 aliphatic rings. The number of hydrogen-bond donors (Lipinski definition) is 1. The molecule has 15 heavy (non-hydrogen) atoms. The van der Waals surface area contributed by atoms with Gasteiger partial charge in [-0.2, -0.15) is 0 Å². The lowest BCUT2D eigenvalue weighted by molar-refractivity contribution is 0.412. The molecule has 0 aliphatic carbocycles. The van der Waals surface area contributed by atoms with E-state index < -0.39 is 0 Å². The first kappa shape index (κ1) is 11.8. The van der Waals surface area contributed by atoms with Gasteiger partial charge in [0.25, 0.3) is 0 Å². The third kappa shape index (κ3) is 2.59. The summed E-state index contributed by atoms with van der Waals surface area (Å²) in [6.07, 6.45) is 1.71. The number of hydrogen-bond acceptors (Lipinski definition) is 4. The Labute approximate surface area is 91.1 Å². The van der Waals surface area contributed by atoms with Crippen molar-refractivity contribution in [2.45, 2.75) is 19.4 Å². The van der Waals surface area contributed by atoms with Crippen molar-refractivity contribution >= 4 is 5.82 Å². The van der Waals surface area contributed by atoms with E-state index in [0.29, 0.717) is 6.54 Å². The van der Waals surface area contributed by atoms with Crippen LogP contribution in [-0.2, 0) is 0 Å². The van der Waals surface area contributed by atoms with E-state index >= 15 is 0 Å². The zero-order chi connectivity index (χ0) is 11.5. The van der Waals surface area contributed by atoms with Gasteiger partial charge in [0, 0.05) is 19.1 Å². The van der Waals surface area contributed by atoms with Gasteiger partial charge in [-0.05, 0) is 26.0 Å². The minimum Gasteiger partial charge on any atom is -0.495 e. The van der Waals surface area contributed by atoms with Crippen LogP contribution in [0.3, 0.4) is 0 Å². The van der Waals surface area contributed by atoms with Crippen LogP contribution in [0.15, 0.2) is 18.3 Å². The topological polar surface area (TPSA) is 51.4 Å². The molecular formula is C11H19N3O. The molecular weight excluding hydrogens is 190 g/mol. The molecule has 84 valence electrons. The SMILES string of the molecule is COc1ccc(N(C)C(C)(C)CN)nc1. The highest BCUT2D eigenvalue weighted by molar-refractivity contribution is 5.42. The predicted octanol–water partition coefficient (Wildman–Crippen LogP) is 1.26. The Kier molecular flexibility index (Phi) is 3.52. The highest BCUT2D eigenvalue weighted by Crippen LogP contribution is 2.20. The van der Waals surface area contributed by atoms with Crippen LogP contribution >= 0.6 is 0 Å². The van der Waals surface area contributed by atoms with E-state index in [9.17, 15) is 0 Å². The first-order valence-electron chi connectivity index (χ1n) is 4.95. The standard InChI is InChI=1S/C11H19N3O/c1-11(2,8-12)14(3)10-6-5-9(15-4)7-13-10/h5-7H,8,12H2,1-4H3. The van der Waals surface area contributed by atoms with E-state index in [-0.39, 0.29) is 5.54 Å². The molecule has 1 aromatic heterocycles. The highest BCUT2D eigenvalue weighted by atomic mass is 16.5. The van der Waals surface area contributed by atoms with Gasteiger partial charge < -0.3 is 15.4 Å². The van der Waals surface area contributed by atoms with Gasteiger partial charge in [0.05, 0.1) is 13.3 Å². The van der Waals surface area contributed by atoms with E-state index in [1.165, 1.54) is 0 Å². The monoisotopic (exact) mass is 209 g/mol. The molecule has 0 spiro atoms. The fourth-order valence-corrected chi connectivity index (χ4v) is 1.14. The predicted molar refractivity (Wildman–Crippen MR) is 62.3 cm³/mol. The quantitative estimate of drug-likeness (QED) is 0.811. The number of ether oxygens (including phenoxy) is 1. The molecule has 4 nitrogen and oxygen atoms in total. The summed E-state index contributed by atoms with van der Waals surface area (Å²) in [7, 11) is 3.62. The number of anilines is 1. The van der Waals surface area contributed by atoms with Gasteiger partial charge in [-0.1, -0.05) is 0 Å². The van der Waals surface area contributed by atoms with Crippen LogP contribution in [0.25, 0.3) is 0 Å². The van der Waals surface area contributed by atoms with Gasteiger partial charge in [0.2, 0.25) is 0 Å². The summed E-state index contributed by atoms with van der Waals surface area (Å²) in [5.41, 5.74) is 5.61. The minimum atomic E-state index is -0.0956. The summed E-state index contributed by atoms with van der Waals surface area (Å²) in [6, 6.07) is 3.82. The molecule has 0 bridgehead atoms. The Bertz CT molecular complexity index is 308. The lowest BCUT2D eigenvalue weighted by Crippen LogP contribution is -2.47. The van der Waals surface area contributed by atoms with E-state index in [2.05, 4.69) is 23.7 Å². The summed E-state index contributed by atoms with van der Waals surface area (Å²) in [5, 5.41) is 0. The van der Waals surface area contributed by atoms with Gasteiger partial charge in [-0.25, -0.2) is 4.98 Å². The lowest BCUT2D eigenvalue weighted by atomic mass is 10.0. The summed E-state index contributed by atoms with van der Waals surface area (Å²) in [6.45, 7) is 4.75. The number of pyridine rings is 1. The van der Waals surface area contributed by atoms with Crippen molar-refractivity contribution in [3.05, 3.63) is 18.3 Å². The Balaban J connectivity index is 2.87. The fourth-order valence-electron chi connectivity index (χ4n) is 1.14. The first-order chi connectivity index (χ1) is 7.01. The Morgan fingerprint density at radius 2 is 2.13 bits per heavy atom. The molecule has 0 amide bonds. The van der Waals surface area contributed by atoms with Crippen LogP contribution in [0, 0.1) is 0 Å². The van der Waals surface area contributed by atoms with Gasteiger partial charge in [0.1, 0.15) is 11.6 Å². The van der Waals surface area contributed by atoms with E-state index in [1.807, 2.05) is 19.2 Å². The van der Waals surface area contributed by atoms with Gasteiger partial charge in [-0.3, -0.25) is 0 Å². The van der Waals surface area contributed by atoms with Crippen LogP contribution < -0.4 is 15.4 Å². The highest BCUT2D eigenvalue weighted by Gasteiger charge is 2.22. The average molecular weight is 209 g/mol. The lowest BCUT2D eigenvalue weighted by Gasteiger charge is -2.35. The number of nitrogens with zero attached hydrogens (tertiary/aromatic N) is 2. The minimum absolute atomic E-state index is 0.0956. The summed E-state index contributed by atoms with van der Waals surface area (Å²) < 4.78 is 5.06. The number of likely N-dealkylation sites (N-methyl/N-ethyl adjacent to an activating group) is 1. The molecule has 0 atom stereocenters. The van der Waals surface area contributed by atoms with Crippen molar-refractivity contribution in [3.8, 4) is 5.75 Å². The van der Waals surface area contributed by atoms with Crippen molar-refractivity contribution in [3.63, 3.8) is 0 Å². The van der Waals surface area contributed by atoms with E-state index in [1.54, 1.807) is 13.3 Å². The maximum absolute atomic E-state index is 5.71. The third-order valence-electron chi connectivity index (χ3n) is 2.71. The van der Waals surface area contributed by atoms with E-state index in [4.69, 9.17) is 10.5 Å². The molecule has 0 radical (unpaired) electrons. The molecule has 0 aliphatic heterocycles. The Morgan fingerprint density at radius 3 is 2.53 bits per heavy atom. The zero-order valence-electron chi connectivity index (χ0n) is 9.82. The molecule has 0 fully saturated rings. The molecule has 0 aromatic carbocycles. The Hall–Kier alpha value is -1.29. The maximum atomic E-state index is 5.71. The van der Waals surface area contributed by atoms with Gasteiger partial charge >= 0.3 is 0 Å². The molecule has 0 unspecified atom stereocenters. The van der Waals surface area contributed by atoms with Crippen LogP contribution in [0.5, 0.6) is 5.75 Å². The summed E-state index contributed by atoms with van der Waals surface area (Å²) in [4.78, 5) is 6.37. The third-order valence-corrected chi connectivity index (χ3v) is 2.71. The van der Waals surface area contributed by atoms with Crippen LogP contribution in [0.2, 0.25) is 0 Å². The summed E-state index contributed by atoms with van der Waals surface area (Å²) >= 11 is 0. The van der Waals surface area contributed by atoms with Gasteiger partial charge in [0.15, 0.2) is 0 Å². The molecule has 4 heteroatoms. The number of methoxy groups -OCH3 is 1. The van der Waals surface area contributed by atoms with Crippen molar-refractivity contribution in [1.82, 2.24) is 4.98 Å². The van der Waals surface area contributed by atoms with Gasteiger partial charge in [-0.15, -0.1) is 0 Å². The first-order valence-corrected chi connectivity index (χ1v) is 4.95. The molecule has 1 heterocycles. The number of nitrogens with two attached hydrogens (primary N) is 1. The van der Waals surface area contributed by atoms with Crippen molar-refractivity contribution in [1.29, 1.82) is 0 Å². The normalized spacial score (nSPS) is 11.3. The number of aromatic nitrogens is 1. The van der Waals surface area contributed by atoms with Crippen molar-refractivity contribution in [2.24, 2.45) is 5.73 Å². The second-order valence-electron chi connectivity index (χ2n) is 4.13.